The Bertz CT molecular complexity index is 875. The highest BCUT2D eigenvalue weighted by Crippen LogP contribution is 2.33. The van der Waals surface area contributed by atoms with E-state index in [1.54, 1.807) is 0 Å². The first-order valence-corrected chi connectivity index (χ1v) is 8.17. The third-order valence-corrected chi connectivity index (χ3v) is 4.59. The number of rotatable bonds is 4. The maximum Gasteiger partial charge on any atom is 0.332 e. The number of carbonyl (C=O) groups excluding carboxylic acids is 1. The highest BCUT2D eigenvalue weighted by Gasteiger charge is 2.30. The molecule has 1 atom stereocenters. The quantitative estimate of drug-likeness (QED) is 0.631. The van der Waals surface area contributed by atoms with Gasteiger partial charge in [-0.2, -0.15) is 0 Å². The average molecular weight is 341 g/mol. The van der Waals surface area contributed by atoms with E-state index in [1.807, 2.05) is 36.1 Å². The van der Waals surface area contributed by atoms with Gasteiger partial charge in [-0.3, -0.25) is 19.7 Å². The molecule has 0 N–H and O–H groups in total. The number of pyridine rings is 1. The zero-order chi connectivity index (χ0) is 18.0. The second-order valence-corrected chi connectivity index (χ2v) is 6.23. The van der Waals surface area contributed by atoms with Gasteiger partial charge < -0.3 is 9.47 Å². The van der Waals surface area contributed by atoms with E-state index >= 15 is 0 Å². The number of aromatic nitrogens is 1. The fourth-order valence-corrected chi connectivity index (χ4v) is 3.34. The van der Waals surface area contributed by atoms with Gasteiger partial charge in [-0.25, -0.2) is 0 Å². The number of hydrogen-bond donors (Lipinski definition) is 0. The topological polar surface area (TPSA) is 85.5 Å². The molecule has 0 spiro atoms. The van der Waals surface area contributed by atoms with Crippen LogP contribution >= 0.6 is 0 Å². The lowest BCUT2D eigenvalue weighted by molar-refractivity contribution is -0.386. The molecule has 7 heteroatoms. The standard InChI is InChI=1S/C18H19N3O4/c1-13-5-2-3-6-14(13)15-7-4-9-20(15)18(23)12-19-10-8-17(22)16(11-19)21(24)25/h2-3,5-6,8,10-11,15H,4,7,9,12H2,1H3/t15-/m0/s1. The highest BCUT2D eigenvalue weighted by molar-refractivity contribution is 5.77. The van der Waals surface area contributed by atoms with Crippen molar-refractivity contribution in [3.8, 4) is 0 Å². The van der Waals surface area contributed by atoms with E-state index < -0.39 is 16.0 Å². The fourth-order valence-electron chi connectivity index (χ4n) is 3.34. The summed E-state index contributed by atoms with van der Waals surface area (Å²) in [5.74, 6) is -0.108. The molecule has 1 fully saturated rings. The Labute approximate surface area is 144 Å². The summed E-state index contributed by atoms with van der Waals surface area (Å²) in [4.78, 5) is 36.2. The van der Waals surface area contributed by atoms with E-state index in [0.29, 0.717) is 6.54 Å². The van der Waals surface area contributed by atoms with Gasteiger partial charge in [-0.05, 0) is 30.9 Å². The second kappa shape index (κ2) is 6.88. The molecule has 0 saturated carbocycles. The summed E-state index contributed by atoms with van der Waals surface area (Å²) in [5, 5.41) is 10.9. The first-order chi connectivity index (χ1) is 12.0. The zero-order valence-electron chi connectivity index (χ0n) is 13.9. The van der Waals surface area contributed by atoms with Crippen LogP contribution in [0.5, 0.6) is 0 Å². The van der Waals surface area contributed by atoms with Crippen molar-refractivity contribution in [2.24, 2.45) is 0 Å². The SMILES string of the molecule is Cc1ccccc1[C@@H]1CCCN1C(=O)Cn1ccc(=O)c([N+](=O)[O-])c1. The van der Waals surface area contributed by atoms with Gasteiger partial charge in [0.1, 0.15) is 6.54 Å². The Kier molecular flexibility index (Phi) is 4.65. The molecular formula is C18H19N3O4. The van der Waals surface area contributed by atoms with Crippen LogP contribution < -0.4 is 5.43 Å². The van der Waals surface area contributed by atoms with Gasteiger partial charge in [0.2, 0.25) is 5.91 Å². The van der Waals surface area contributed by atoms with E-state index in [2.05, 4.69) is 0 Å². The Morgan fingerprint density at radius 3 is 2.80 bits per heavy atom. The van der Waals surface area contributed by atoms with Crippen LogP contribution in [0, 0.1) is 17.0 Å². The Morgan fingerprint density at radius 2 is 2.08 bits per heavy atom. The molecule has 0 bridgehead atoms. The van der Waals surface area contributed by atoms with E-state index in [9.17, 15) is 19.7 Å². The van der Waals surface area contributed by atoms with Crippen LogP contribution in [0.4, 0.5) is 5.69 Å². The molecule has 1 aromatic heterocycles. The number of hydrogen-bond acceptors (Lipinski definition) is 4. The molecule has 2 heterocycles. The first-order valence-electron chi connectivity index (χ1n) is 8.17. The smallest absolute Gasteiger partial charge is 0.332 e. The molecule has 130 valence electrons. The third kappa shape index (κ3) is 3.45. The van der Waals surface area contributed by atoms with Gasteiger partial charge in [0.25, 0.3) is 5.43 Å². The molecule has 1 aliphatic heterocycles. The minimum Gasteiger partial charge on any atom is -0.339 e. The molecule has 0 aliphatic carbocycles. The van der Waals surface area contributed by atoms with Crippen molar-refractivity contribution in [2.45, 2.75) is 32.4 Å². The van der Waals surface area contributed by atoms with Crippen molar-refractivity contribution in [1.29, 1.82) is 0 Å². The van der Waals surface area contributed by atoms with Crippen molar-refractivity contribution in [3.05, 3.63) is 74.2 Å². The van der Waals surface area contributed by atoms with Crippen LogP contribution in [0.15, 0.2) is 47.5 Å². The highest BCUT2D eigenvalue weighted by atomic mass is 16.6. The predicted molar refractivity (Wildman–Crippen MR) is 92.2 cm³/mol. The van der Waals surface area contributed by atoms with Crippen LogP contribution in [0.2, 0.25) is 0 Å². The van der Waals surface area contributed by atoms with Crippen LogP contribution in [0.1, 0.15) is 30.0 Å². The third-order valence-electron chi connectivity index (χ3n) is 4.59. The van der Waals surface area contributed by atoms with Gasteiger partial charge in [-0.1, -0.05) is 24.3 Å². The van der Waals surface area contributed by atoms with Crippen LogP contribution in [0.25, 0.3) is 0 Å². The number of likely N-dealkylation sites (tertiary alicyclic amines) is 1. The van der Waals surface area contributed by atoms with Gasteiger partial charge in [0.05, 0.1) is 17.2 Å². The van der Waals surface area contributed by atoms with E-state index in [-0.39, 0.29) is 18.5 Å². The minimum atomic E-state index is -0.727. The van der Waals surface area contributed by atoms with Crippen molar-refractivity contribution in [2.75, 3.05) is 6.54 Å². The predicted octanol–water partition coefficient (Wildman–Crippen LogP) is 2.43. The van der Waals surface area contributed by atoms with Crippen molar-refractivity contribution in [3.63, 3.8) is 0 Å². The van der Waals surface area contributed by atoms with E-state index in [0.717, 1.165) is 36.2 Å². The lowest BCUT2D eigenvalue weighted by Crippen LogP contribution is -2.33. The lowest BCUT2D eigenvalue weighted by atomic mass is 9.99. The summed E-state index contributed by atoms with van der Waals surface area (Å²) in [6, 6.07) is 9.15. The molecule has 1 aliphatic rings. The molecule has 2 aromatic rings. The number of amides is 1. The summed E-state index contributed by atoms with van der Waals surface area (Å²) < 4.78 is 1.40. The average Bonchev–Trinajstić information content (AvgIpc) is 3.06. The summed E-state index contributed by atoms with van der Waals surface area (Å²) in [7, 11) is 0. The molecule has 3 rings (SSSR count). The monoisotopic (exact) mass is 341 g/mol. The van der Waals surface area contributed by atoms with Gasteiger partial charge >= 0.3 is 5.69 Å². The number of benzene rings is 1. The number of aryl methyl sites for hydroxylation is 1. The molecule has 0 radical (unpaired) electrons. The van der Waals surface area contributed by atoms with Crippen LogP contribution in [-0.4, -0.2) is 26.8 Å². The largest absolute Gasteiger partial charge is 0.339 e. The van der Waals surface area contributed by atoms with Gasteiger partial charge in [0.15, 0.2) is 0 Å². The van der Waals surface area contributed by atoms with Crippen molar-refractivity contribution < 1.29 is 9.72 Å². The van der Waals surface area contributed by atoms with Crippen molar-refractivity contribution >= 4 is 11.6 Å². The molecule has 0 unspecified atom stereocenters. The Morgan fingerprint density at radius 1 is 1.32 bits per heavy atom. The summed E-state index contributed by atoms with van der Waals surface area (Å²) in [5.41, 5.74) is 1.10. The van der Waals surface area contributed by atoms with Crippen LogP contribution in [-0.2, 0) is 11.3 Å². The summed E-state index contributed by atoms with van der Waals surface area (Å²) >= 11 is 0. The Hall–Kier alpha value is -2.96. The molecule has 25 heavy (non-hydrogen) atoms. The second-order valence-electron chi connectivity index (χ2n) is 6.23. The fraction of sp³-hybridized carbons (Fsp3) is 0.333. The molecular weight excluding hydrogens is 322 g/mol. The van der Waals surface area contributed by atoms with E-state index in [1.165, 1.54) is 10.8 Å². The molecule has 1 saturated heterocycles. The zero-order valence-corrected chi connectivity index (χ0v) is 13.9. The number of nitrogens with zero attached hydrogens (tertiary/aromatic N) is 3. The normalized spacial score (nSPS) is 16.8. The van der Waals surface area contributed by atoms with Crippen molar-refractivity contribution in [1.82, 2.24) is 9.47 Å². The number of nitro groups is 1. The van der Waals surface area contributed by atoms with Gasteiger partial charge in [0, 0.05) is 18.8 Å². The van der Waals surface area contributed by atoms with E-state index in [4.69, 9.17) is 0 Å². The summed E-state index contributed by atoms with van der Waals surface area (Å²) in [6.45, 7) is 2.67. The van der Waals surface area contributed by atoms with Gasteiger partial charge in [-0.15, -0.1) is 0 Å². The first kappa shape index (κ1) is 16.9. The Balaban J connectivity index is 1.81. The summed E-state index contributed by atoms with van der Waals surface area (Å²) in [6.07, 6.45) is 4.36. The lowest BCUT2D eigenvalue weighted by Gasteiger charge is -2.26. The number of carbonyl (C=O) groups is 1. The molecule has 1 aromatic carbocycles. The molecule has 1 amide bonds. The maximum absolute atomic E-state index is 12.7. The maximum atomic E-state index is 12.7. The van der Waals surface area contributed by atoms with Crippen LogP contribution in [0.3, 0.4) is 0 Å². The minimum absolute atomic E-state index is 0.0243. The molecule has 7 nitrogen and oxygen atoms in total.